The second-order valence-corrected chi connectivity index (χ2v) is 6.50. The molecule has 4 nitrogen and oxygen atoms in total. The van der Waals surface area contributed by atoms with Crippen LogP contribution in [0, 0.1) is 0 Å². The van der Waals surface area contributed by atoms with Crippen molar-refractivity contribution < 1.29 is 8.62 Å². The zero-order chi connectivity index (χ0) is 16.3. The lowest BCUT2D eigenvalue weighted by molar-refractivity contribution is 0.177. The van der Waals surface area contributed by atoms with Gasteiger partial charge in [0.15, 0.2) is 18.0 Å². The van der Waals surface area contributed by atoms with Crippen molar-refractivity contribution in [1.29, 1.82) is 0 Å². The highest BCUT2D eigenvalue weighted by molar-refractivity contribution is 7.92. The van der Waals surface area contributed by atoms with Crippen LogP contribution in [0.3, 0.4) is 0 Å². The molecule has 0 saturated heterocycles. The van der Waals surface area contributed by atoms with Crippen LogP contribution < -0.4 is 4.74 Å². The van der Waals surface area contributed by atoms with Gasteiger partial charge in [-0.3, -0.25) is 4.90 Å². The number of aromatic nitrogens is 2. The van der Waals surface area contributed by atoms with Crippen molar-refractivity contribution in [1.82, 2.24) is 13.9 Å². The quantitative estimate of drug-likeness (QED) is 0.767. The van der Waals surface area contributed by atoms with Crippen molar-refractivity contribution in [3.8, 4) is 5.75 Å². The van der Waals surface area contributed by atoms with Gasteiger partial charge in [0.1, 0.15) is 5.75 Å². The Hall–Kier alpha value is -1.27. The molecule has 0 aliphatic heterocycles. The predicted octanol–water partition coefficient (Wildman–Crippen LogP) is 4.09. The smallest absolute Gasteiger partial charge is 0.171 e. The minimum atomic E-state index is 0.179. The van der Waals surface area contributed by atoms with E-state index in [1.54, 1.807) is 13.3 Å². The van der Waals surface area contributed by atoms with Crippen LogP contribution in [0.5, 0.6) is 5.75 Å². The van der Waals surface area contributed by atoms with Crippen molar-refractivity contribution in [3.63, 3.8) is 0 Å². The first kappa shape index (κ1) is 17.1. The Labute approximate surface area is 136 Å². The number of nitrogens with zero attached hydrogens (tertiary/aromatic N) is 3. The lowest BCUT2D eigenvalue weighted by atomic mass is 10.1. The van der Waals surface area contributed by atoms with Crippen molar-refractivity contribution in [2.45, 2.75) is 46.2 Å². The molecule has 0 fully saturated rings. The molecule has 0 aromatic carbocycles. The summed E-state index contributed by atoms with van der Waals surface area (Å²) < 4.78 is 19.8. The van der Waals surface area contributed by atoms with E-state index in [-0.39, 0.29) is 12.3 Å². The molecule has 2 heterocycles. The fraction of sp³-hybridized carbons (Fsp3) is 0.562. The number of halogens is 1. The topological polar surface area (TPSA) is 30.3 Å². The van der Waals surface area contributed by atoms with E-state index >= 15 is 0 Å². The summed E-state index contributed by atoms with van der Waals surface area (Å²) in [6.07, 6.45) is 4.31. The number of hydrogen-bond acceptors (Lipinski definition) is 4. The van der Waals surface area contributed by atoms with Crippen LogP contribution in [-0.2, 0) is 6.42 Å². The minimum Gasteiger partial charge on any atom is -0.495 e. The molecule has 0 aliphatic rings. The second-order valence-electron chi connectivity index (χ2n) is 5.97. The van der Waals surface area contributed by atoms with Gasteiger partial charge in [-0.25, -0.2) is 8.96 Å². The van der Waals surface area contributed by atoms with Crippen LogP contribution in [-0.4, -0.2) is 39.6 Å². The van der Waals surface area contributed by atoms with Crippen LogP contribution in [0.4, 0.5) is 3.89 Å². The highest BCUT2D eigenvalue weighted by Crippen LogP contribution is 2.28. The van der Waals surface area contributed by atoms with Gasteiger partial charge in [-0.15, -0.1) is 3.89 Å². The molecule has 0 unspecified atom stereocenters. The summed E-state index contributed by atoms with van der Waals surface area (Å²) in [4.78, 5) is 6.73. The van der Waals surface area contributed by atoms with Crippen LogP contribution in [0.1, 0.15) is 33.3 Å². The lowest BCUT2D eigenvalue weighted by Gasteiger charge is -2.30. The average molecular weight is 325 g/mol. The SMILES string of the molecule is COc1cnc2c(c1)c(CCN(C(C)C)C(C)C)cn2SF. The Morgan fingerprint density at radius 1 is 1.32 bits per heavy atom. The van der Waals surface area contributed by atoms with Gasteiger partial charge in [0, 0.05) is 30.2 Å². The summed E-state index contributed by atoms with van der Waals surface area (Å²) in [6, 6.07) is 2.90. The number of methoxy groups -OCH3 is 1. The number of ether oxygens (including phenoxy) is 1. The van der Waals surface area contributed by atoms with Gasteiger partial charge in [-0.1, -0.05) is 0 Å². The Morgan fingerprint density at radius 2 is 2.00 bits per heavy atom. The third-order valence-electron chi connectivity index (χ3n) is 3.95. The number of pyridine rings is 1. The normalized spacial score (nSPS) is 12.0. The van der Waals surface area contributed by atoms with E-state index in [0.717, 1.165) is 23.9 Å². The molecular weight excluding hydrogens is 301 g/mol. The standard InChI is InChI=1S/C16H24FN3OS/c1-11(2)19(12(3)4)7-6-13-10-20(22-17)16-15(13)8-14(21-5)9-18-16/h8-12H,6-7H2,1-5H3. The molecule has 0 atom stereocenters. The lowest BCUT2D eigenvalue weighted by Crippen LogP contribution is -2.38. The molecule has 2 aromatic rings. The third kappa shape index (κ3) is 3.55. The summed E-state index contributed by atoms with van der Waals surface area (Å²) in [5.74, 6) is 0.694. The highest BCUT2D eigenvalue weighted by Gasteiger charge is 2.16. The van der Waals surface area contributed by atoms with Crippen LogP contribution in [0.25, 0.3) is 11.0 Å². The average Bonchev–Trinajstić information content (AvgIpc) is 2.84. The van der Waals surface area contributed by atoms with E-state index in [0.29, 0.717) is 23.5 Å². The molecule has 6 heteroatoms. The first-order valence-electron chi connectivity index (χ1n) is 7.56. The van der Waals surface area contributed by atoms with Gasteiger partial charge in [0.05, 0.1) is 13.3 Å². The van der Waals surface area contributed by atoms with E-state index in [1.807, 2.05) is 12.3 Å². The maximum Gasteiger partial charge on any atom is 0.171 e. The monoisotopic (exact) mass is 325 g/mol. The fourth-order valence-corrected chi connectivity index (χ4v) is 3.23. The minimum absolute atomic E-state index is 0.179. The molecule has 2 rings (SSSR count). The summed E-state index contributed by atoms with van der Waals surface area (Å²) in [6.45, 7) is 9.73. The first-order chi connectivity index (χ1) is 10.5. The molecular formula is C16H24FN3OS. The first-order valence-corrected chi connectivity index (χ1v) is 8.24. The summed E-state index contributed by atoms with van der Waals surface area (Å²) in [5.41, 5.74) is 1.74. The van der Waals surface area contributed by atoms with E-state index in [1.165, 1.54) is 3.97 Å². The number of fused-ring (bicyclic) bond motifs is 1. The van der Waals surface area contributed by atoms with Crippen LogP contribution in [0.15, 0.2) is 18.5 Å². The molecule has 0 bridgehead atoms. The molecule has 122 valence electrons. The van der Waals surface area contributed by atoms with Crippen molar-refractivity contribution in [2.24, 2.45) is 0 Å². The summed E-state index contributed by atoms with van der Waals surface area (Å²) in [5, 5.41) is 0.956. The van der Waals surface area contributed by atoms with Gasteiger partial charge in [0.25, 0.3) is 0 Å². The van der Waals surface area contributed by atoms with Crippen LogP contribution >= 0.6 is 12.3 Å². The summed E-state index contributed by atoms with van der Waals surface area (Å²) in [7, 11) is 1.61. The third-order valence-corrected chi connectivity index (χ3v) is 4.37. The zero-order valence-electron chi connectivity index (χ0n) is 13.8. The van der Waals surface area contributed by atoms with Gasteiger partial charge in [-0.2, -0.15) is 0 Å². The van der Waals surface area contributed by atoms with E-state index < -0.39 is 0 Å². The molecule has 0 radical (unpaired) electrons. The molecule has 0 saturated carbocycles. The van der Waals surface area contributed by atoms with E-state index in [2.05, 4.69) is 37.6 Å². The largest absolute Gasteiger partial charge is 0.495 e. The Morgan fingerprint density at radius 3 is 2.55 bits per heavy atom. The molecule has 0 amide bonds. The van der Waals surface area contributed by atoms with Gasteiger partial charge < -0.3 is 4.74 Å². The molecule has 2 aromatic heterocycles. The van der Waals surface area contributed by atoms with Crippen LogP contribution in [0.2, 0.25) is 0 Å². The highest BCUT2D eigenvalue weighted by atomic mass is 32.2. The van der Waals surface area contributed by atoms with Gasteiger partial charge in [-0.05, 0) is 45.7 Å². The summed E-state index contributed by atoms with van der Waals surface area (Å²) >= 11 is 0.179. The maximum atomic E-state index is 13.1. The van der Waals surface area contributed by atoms with Crippen molar-refractivity contribution in [2.75, 3.05) is 13.7 Å². The molecule has 0 aliphatic carbocycles. The second kappa shape index (κ2) is 7.33. The van der Waals surface area contributed by atoms with Gasteiger partial charge in [0.2, 0.25) is 0 Å². The van der Waals surface area contributed by atoms with E-state index in [9.17, 15) is 3.89 Å². The maximum absolute atomic E-state index is 13.1. The zero-order valence-corrected chi connectivity index (χ0v) is 14.7. The predicted molar refractivity (Wildman–Crippen MR) is 91.1 cm³/mol. The van der Waals surface area contributed by atoms with Crippen molar-refractivity contribution >= 4 is 23.4 Å². The number of hydrogen-bond donors (Lipinski definition) is 0. The Bertz CT molecular complexity index is 619. The number of rotatable bonds is 7. The molecule has 0 N–H and O–H groups in total. The van der Waals surface area contributed by atoms with Crippen molar-refractivity contribution in [3.05, 3.63) is 24.0 Å². The van der Waals surface area contributed by atoms with Gasteiger partial charge >= 0.3 is 0 Å². The fourth-order valence-electron chi connectivity index (χ4n) is 2.85. The Balaban J connectivity index is 2.30. The molecule has 22 heavy (non-hydrogen) atoms. The molecule has 0 spiro atoms. The Kier molecular flexibility index (Phi) is 5.69. The van der Waals surface area contributed by atoms with E-state index in [4.69, 9.17) is 4.74 Å².